The maximum Gasteiger partial charge on any atom is 0.210 e. The second kappa shape index (κ2) is 18.8. The van der Waals surface area contributed by atoms with Crippen molar-refractivity contribution in [2.75, 3.05) is 0 Å². The van der Waals surface area contributed by atoms with E-state index in [9.17, 15) is 5.53 Å². The van der Waals surface area contributed by atoms with Crippen LogP contribution in [0.3, 0.4) is 0 Å². The van der Waals surface area contributed by atoms with Crippen molar-refractivity contribution in [3.05, 3.63) is 88.0 Å². The van der Waals surface area contributed by atoms with Crippen LogP contribution in [0.4, 0.5) is 0 Å². The van der Waals surface area contributed by atoms with Gasteiger partial charge in [-0.15, -0.1) is 0 Å². The van der Waals surface area contributed by atoms with Gasteiger partial charge in [0.1, 0.15) is 0 Å². The van der Waals surface area contributed by atoms with E-state index in [1.54, 1.807) is 0 Å². The van der Waals surface area contributed by atoms with E-state index in [-0.39, 0.29) is 0 Å². The average molecular weight is 541 g/mol. The SMILES string of the molecule is CCCCCCCCc1cccc(C2=CC(CCCCCC)=C(c3cccc(CCCCCCCC)c3)[N+]2=[N-])c1. The molecule has 3 rings (SSSR count). The zero-order valence-electron chi connectivity index (χ0n) is 26.0. The molecule has 2 aromatic rings. The lowest BCUT2D eigenvalue weighted by Crippen LogP contribution is -2.03. The lowest BCUT2D eigenvalue weighted by Gasteiger charge is -2.12. The maximum absolute atomic E-state index is 11.6. The smallest absolute Gasteiger partial charge is 0.210 e. The van der Waals surface area contributed by atoms with Crippen molar-refractivity contribution in [1.82, 2.24) is 0 Å². The van der Waals surface area contributed by atoms with Gasteiger partial charge in [-0.3, -0.25) is 0 Å². The predicted molar refractivity (Wildman–Crippen MR) is 174 cm³/mol. The molecule has 0 aromatic heterocycles. The third-order valence-corrected chi connectivity index (χ3v) is 8.42. The first-order valence-corrected chi connectivity index (χ1v) is 16.8. The molecular formula is C38H56N2. The fourth-order valence-corrected chi connectivity index (χ4v) is 5.98. The summed E-state index contributed by atoms with van der Waals surface area (Å²) >= 11 is 0. The molecule has 0 saturated heterocycles. The summed E-state index contributed by atoms with van der Waals surface area (Å²) in [4.78, 5) is 0. The third-order valence-electron chi connectivity index (χ3n) is 8.42. The highest BCUT2D eigenvalue weighted by Gasteiger charge is 2.29. The van der Waals surface area contributed by atoms with E-state index < -0.39 is 0 Å². The minimum atomic E-state index is 0.923. The van der Waals surface area contributed by atoms with E-state index in [2.05, 4.69) is 75.4 Å². The van der Waals surface area contributed by atoms with Crippen LogP contribution in [-0.4, -0.2) is 4.70 Å². The quantitative estimate of drug-likeness (QED) is 0.111. The van der Waals surface area contributed by atoms with E-state index in [0.29, 0.717) is 0 Å². The van der Waals surface area contributed by atoms with Gasteiger partial charge in [0.2, 0.25) is 11.4 Å². The van der Waals surface area contributed by atoms with Crippen molar-refractivity contribution in [1.29, 1.82) is 0 Å². The van der Waals surface area contributed by atoms with Crippen LogP contribution >= 0.6 is 0 Å². The highest BCUT2D eigenvalue weighted by Crippen LogP contribution is 2.38. The number of allylic oxidation sites excluding steroid dienone is 2. The molecule has 0 bridgehead atoms. The van der Waals surface area contributed by atoms with Crippen molar-refractivity contribution in [2.24, 2.45) is 0 Å². The lowest BCUT2D eigenvalue weighted by atomic mass is 9.98. The Kier molecular flexibility index (Phi) is 15.1. The monoisotopic (exact) mass is 540 g/mol. The molecule has 0 fully saturated rings. The Hall–Kier alpha value is -2.48. The van der Waals surface area contributed by atoms with Gasteiger partial charge in [-0.2, -0.15) is 0 Å². The molecule has 1 aliphatic heterocycles. The number of unbranched alkanes of at least 4 members (excludes halogenated alkanes) is 13. The van der Waals surface area contributed by atoms with Gasteiger partial charge in [-0.05, 0) is 73.9 Å². The third kappa shape index (κ3) is 10.5. The van der Waals surface area contributed by atoms with Gasteiger partial charge in [0, 0.05) is 22.8 Å². The Morgan fingerprint density at radius 3 is 1.55 bits per heavy atom. The molecule has 0 saturated carbocycles. The Balaban J connectivity index is 1.72. The summed E-state index contributed by atoms with van der Waals surface area (Å²) in [5, 5.41) is 0. The molecule has 0 unspecified atom stereocenters. The summed E-state index contributed by atoms with van der Waals surface area (Å²) in [6.07, 6.45) is 26.2. The number of benzene rings is 2. The molecule has 0 amide bonds. The van der Waals surface area contributed by atoms with Gasteiger partial charge < -0.3 is 5.53 Å². The number of hydrogen-bond donors (Lipinski definition) is 0. The Morgan fingerprint density at radius 2 is 0.975 bits per heavy atom. The normalized spacial score (nSPS) is 13.4. The molecule has 218 valence electrons. The number of aryl methyl sites for hydroxylation is 2. The Labute approximate surface area is 246 Å². The molecule has 0 aliphatic carbocycles. The molecule has 40 heavy (non-hydrogen) atoms. The summed E-state index contributed by atoms with van der Waals surface area (Å²) in [5.74, 6) is 0. The van der Waals surface area contributed by atoms with E-state index in [1.165, 1.54) is 124 Å². The van der Waals surface area contributed by atoms with Crippen molar-refractivity contribution in [3.63, 3.8) is 0 Å². The van der Waals surface area contributed by atoms with Crippen LogP contribution < -0.4 is 0 Å². The van der Waals surface area contributed by atoms with Crippen molar-refractivity contribution in [2.45, 2.75) is 143 Å². The zero-order valence-corrected chi connectivity index (χ0v) is 26.0. The largest absolute Gasteiger partial charge is 0.493 e. The van der Waals surface area contributed by atoms with Crippen LogP contribution in [0.15, 0.2) is 60.2 Å². The first-order chi connectivity index (χ1) is 19.7. The first-order valence-electron chi connectivity index (χ1n) is 16.8. The van der Waals surface area contributed by atoms with E-state index in [4.69, 9.17) is 0 Å². The van der Waals surface area contributed by atoms with Crippen LogP contribution in [0.2, 0.25) is 0 Å². The number of rotatable bonds is 21. The van der Waals surface area contributed by atoms with Gasteiger partial charge in [-0.1, -0.05) is 129 Å². The Morgan fingerprint density at radius 1 is 0.525 bits per heavy atom. The lowest BCUT2D eigenvalue weighted by molar-refractivity contribution is -0.344. The second-order valence-electron chi connectivity index (χ2n) is 12.0. The van der Waals surface area contributed by atoms with Gasteiger partial charge in [0.05, 0.1) is 0 Å². The Bertz CT molecular complexity index is 1090. The van der Waals surface area contributed by atoms with Gasteiger partial charge in [-0.25, -0.2) is 4.70 Å². The summed E-state index contributed by atoms with van der Waals surface area (Å²) in [6, 6.07) is 17.8. The molecular weight excluding hydrogens is 484 g/mol. The second-order valence-corrected chi connectivity index (χ2v) is 12.0. The van der Waals surface area contributed by atoms with Crippen molar-refractivity contribution in [3.8, 4) is 0 Å². The van der Waals surface area contributed by atoms with E-state index in [0.717, 1.165) is 41.8 Å². The molecule has 0 atom stereocenters. The summed E-state index contributed by atoms with van der Waals surface area (Å²) in [6.45, 7) is 6.82. The van der Waals surface area contributed by atoms with Crippen LogP contribution in [0, 0.1) is 0 Å². The standard InChI is InChI=1S/C38H56N2/c1-4-7-10-13-15-17-22-32-24-20-27-34(29-32)37-31-36(26-19-12-9-6-3)38(40(37)39)35-28-21-25-33(30-35)23-18-16-14-11-8-5-2/h20-21,24-25,27-31H,4-19,22-23,26H2,1-3H3. The molecule has 1 aliphatic rings. The molecule has 2 nitrogen and oxygen atoms in total. The van der Waals surface area contributed by atoms with Gasteiger partial charge in [0.15, 0.2) is 0 Å². The minimum absolute atomic E-state index is 0.923. The minimum Gasteiger partial charge on any atom is -0.493 e. The summed E-state index contributed by atoms with van der Waals surface area (Å²) in [7, 11) is 0. The van der Waals surface area contributed by atoms with Crippen molar-refractivity contribution >= 4 is 11.4 Å². The number of hydrogen-bond acceptors (Lipinski definition) is 0. The molecule has 0 spiro atoms. The van der Waals surface area contributed by atoms with Crippen LogP contribution in [0.25, 0.3) is 16.9 Å². The predicted octanol–water partition coefficient (Wildman–Crippen LogP) is 12.3. The highest BCUT2D eigenvalue weighted by atomic mass is 15.2. The molecule has 0 radical (unpaired) electrons. The number of nitrogens with zero attached hydrogens (tertiary/aromatic N) is 2. The van der Waals surface area contributed by atoms with Crippen LogP contribution in [0.5, 0.6) is 0 Å². The maximum atomic E-state index is 11.6. The van der Waals surface area contributed by atoms with Gasteiger partial charge >= 0.3 is 0 Å². The zero-order chi connectivity index (χ0) is 28.4. The van der Waals surface area contributed by atoms with Gasteiger partial charge in [0.25, 0.3) is 0 Å². The summed E-state index contributed by atoms with van der Waals surface area (Å²) < 4.78 is 1.49. The first kappa shape index (κ1) is 32.0. The van der Waals surface area contributed by atoms with E-state index >= 15 is 0 Å². The topological polar surface area (TPSA) is 25.3 Å². The molecule has 2 aromatic carbocycles. The van der Waals surface area contributed by atoms with Crippen LogP contribution in [-0.2, 0) is 12.8 Å². The molecule has 1 heterocycles. The van der Waals surface area contributed by atoms with E-state index in [1.807, 2.05) is 0 Å². The highest BCUT2D eigenvalue weighted by molar-refractivity contribution is 5.78. The van der Waals surface area contributed by atoms with Crippen molar-refractivity contribution < 1.29 is 4.70 Å². The average Bonchev–Trinajstić information content (AvgIpc) is 3.31. The molecule has 2 heteroatoms. The fourth-order valence-electron chi connectivity index (χ4n) is 5.98. The summed E-state index contributed by atoms with van der Waals surface area (Å²) in [5.41, 5.74) is 19.8. The fraction of sp³-hybridized carbons (Fsp3) is 0.579. The molecule has 0 N–H and O–H groups in total. The van der Waals surface area contributed by atoms with Crippen LogP contribution in [0.1, 0.15) is 152 Å².